The van der Waals surface area contributed by atoms with E-state index in [9.17, 15) is 0 Å². The van der Waals surface area contributed by atoms with Crippen molar-refractivity contribution in [3.8, 4) is 11.4 Å². The molecule has 2 aromatic carbocycles. The van der Waals surface area contributed by atoms with Gasteiger partial charge in [-0.3, -0.25) is 0 Å². The maximum atomic E-state index is 4.74. The first-order valence-corrected chi connectivity index (χ1v) is 7.42. The van der Waals surface area contributed by atoms with Crippen LogP contribution in [0.15, 0.2) is 48.5 Å². The molecule has 21 heavy (non-hydrogen) atoms. The van der Waals surface area contributed by atoms with E-state index in [1.807, 2.05) is 18.2 Å². The van der Waals surface area contributed by atoms with Gasteiger partial charge in [0.1, 0.15) is 5.82 Å². The molecular weight excluding hydrogens is 260 g/mol. The van der Waals surface area contributed by atoms with Gasteiger partial charge in [-0.2, -0.15) is 0 Å². The fourth-order valence-electron chi connectivity index (χ4n) is 2.94. The number of para-hydroxylation sites is 3. The molecule has 1 aliphatic heterocycles. The zero-order chi connectivity index (χ0) is 14.1. The molecule has 106 valence electrons. The summed E-state index contributed by atoms with van der Waals surface area (Å²) in [4.78, 5) is 10.6. The van der Waals surface area contributed by atoms with Gasteiger partial charge in [0.05, 0.1) is 11.0 Å². The summed E-state index contributed by atoms with van der Waals surface area (Å²) in [7, 11) is 0. The SMILES string of the molecule is c1ccc(N2CCNCC2)c(-c2nc3ccccc3[nH]2)c1. The van der Waals surface area contributed by atoms with Crippen LogP contribution in [0.1, 0.15) is 0 Å². The van der Waals surface area contributed by atoms with Crippen molar-refractivity contribution in [1.82, 2.24) is 15.3 Å². The summed E-state index contributed by atoms with van der Waals surface area (Å²) in [6.07, 6.45) is 0. The molecule has 3 aromatic rings. The second-order valence-electron chi connectivity index (χ2n) is 5.36. The van der Waals surface area contributed by atoms with Crippen LogP contribution in [0.25, 0.3) is 22.4 Å². The van der Waals surface area contributed by atoms with Crippen LogP contribution in [0.2, 0.25) is 0 Å². The molecule has 1 aliphatic rings. The number of aromatic amines is 1. The van der Waals surface area contributed by atoms with E-state index in [-0.39, 0.29) is 0 Å². The van der Waals surface area contributed by atoms with E-state index in [1.54, 1.807) is 0 Å². The number of hydrogen-bond donors (Lipinski definition) is 2. The normalized spacial score (nSPS) is 15.5. The lowest BCUT2D eigenvalue weighted by Gasteiger charge is -2.30. The fraction of sp³-hybridized carbons (Fsp3) is 0.235. The molecule has 2 heterocycles. The molecule has 0 radical (unpaired) electrons. The Labute approximate surface area is 123 Å². The number of H-pyrrole nitrogens is 1. The lowest BCUT2D eigenvalue weighted by Crippen LogP contribution is -2.43. The molecule has 0 bridgehead atoms. The van der Waals surface area contributed by atoms with Crippen LogP contribution in [0, 0.1) is 0 Å². The van der Waals surface area contributed by atoms with Gasteiger partial charge in [0.25, 0.3) is 0 Å². The quantitative estimate of drug-likeness (QED) is 0.757. The van der Waals surface area contributed by atoms with E-state index in [0.29, 0.717) is 0 Å². The summed E-state index contributed by atoms with van der Waals surface area (Å²) in [6, 6.07) is 16.7. The maximum absolute atomic E-state index is 4.74. The van der Waals surface area contributed by atoms with Crippen molar-refractivity contribution in [3.63, 3.8) is 0 Å². The Kier molecular flexibility index (Phi) is 3.09. The average molecular weight is 278 g/mol. The molecule has 0 saturated carbocycles. The molecule has 1 aromatic heterocycles. The smallest absolute Gasteiger partial charge is 0.140 e. The number of fused-ring (bicyclic) bond motifs is 1. The van der Waals surface area contributed by atoms with Gasteiger partial charge in [0.2, 0.25) is 0 Å². The van der Waals surface area contributed by atoms with Crippen LogP contribution in [-0.4, -0.2) is 36.1 Å². The third-order valence-electron chi connectivity index (χ3n) is 4.01. The third kappa shape index (κ3) is 2.28. The number of anilines is 1. The van der Waals surface area contributed by atoms with Crippen LogP contribution in [0.5, 0.6) is 0 Å². The Morgan fingerprint density at radius 2 is 1.67 bits per heavy atom. The second kappa shape index (κ2) is 5.22. The Hall–Kier alpha value is -2.33. The van der Waals surface area contributed by atoms with Crippen molar-refractivity contribution in [3.05, 3.63) is 48.5 Å². The van der Waals surface area contributed by atoms with Crippen LogP contribution in [0.4, 0.5) is 5.69 Å². The first-order valence-electron chi connectivity index (χ1n) is 7.42. The van der Waals surface area contributed by atoms with Gasteiger partial charge in [-0.25, -0.2) is 4.98 Å². The molecule has 0 amide bonds. The van der Waals surface area contributed by atoms with E-state index in [0.717, 1.165) is 43.0 Å². The summed E-state index contributed by atoms with van der Waals surface area (Å²) in [5.41, 5.74) is 4.54. The number of benzene rings is 2. The highest BCUT2D eigenvalue weighted by molar-refractivity contribution is 5.83. The number of hydrogen-bond acceptors (Lipinski definition) is 3. The molecule has 4 rings (SSSR count). The fourth-order valence-corrected chi connectivity index (χ4v) is 2.94. The lowest BCUT2D eigenvalue weighted by atomic mass is 10.1. The van der Waals surface area contributed by atoms with Crippen LogP contribution in [-0.2, 0) is 0 Å². The molecule has 4 nitrogen and oxygen atoms in total. The number of rotatable bonds is 2. The third-order valence-corrected chi connectivity index (χ3v) is 4.01. The average Bonchev–Trinajstić information content (AvgIpc) is 2.99. The second-order valence-corrected chi connectivity index (χ2v) is 5.36. The summed E-state index contributed by atoms with van der Waals surface area (Å²) in [6.45, 7) is 4.15. The van der Waals surface area contributed by atoms with Crippen molar-refractivity contribution >= 4 is 16.7 Å². The Bertz CT molecular complexity index is 723. The molecule has 2 N–H and O–H groups in total. The summed E-state index contributed by atoms with van der Waals surface area (Å²) >= 11 is 0. The highest BCUT2D eigenvalue weighted by Gasteiger charge is 2.16. The lowest BCUT2D eigenvalue weighted by molar-refractivity contribution is 0.589. The van der Waals surface area contributed by atoms with E-state index < -0.39 is 0 Å². The van der Waals surface area contributed by atoms with Crippen molar-refractivity contribution in [2.24, 2.45) is 0 Å². The van der Waals surface area contributed by atoms with Gasteiger partial charge in [0, 0.05) is 37.4 Å². The van der Waals surface area contributed by atoms with E-state index >= 15 is 0 Å². The molecule has 0 atom stereocenters. The van der Waals surface area contributed by atoms with Gasteiger partial charge in [-0.15, -0.1) is 0 Å². The number of aromatic nitrogens is 2. The largest absolute Gasteiger partial charge is 0.368 e. The molecule has 1 fully saturated rings. The van der Waals surface area contributed by atoms with E-state index in [2.05, 4.69) is 45.5 Å². The van der Waals surface area contributed by atoms with Crippen molar-refractivity contribution in [2.75, 3.05) is 31.1 Å². The van der Waals surface area contributed by atoms with Gasteiger partial charge < -0.3 is 15.2 Å². The zero-order valence-electron chi connectivity index (χ0n) is 11.8. The predicted molar refractivity (Wildman–Crippen MR) is 86.6 cm³/mol. The Balaban J connectivity index is 1.80. The highest BCUT2D eigenvalue weighted by Crippen LogP contribution is 2.30. The topological polar surface area (TPSA) is 44.0 Å². The minimum atomic E-state index is 0.949. The molecule has 1 saturated heterocycles. The summed E-state index contributed by atoms with van der Waals surface area (Å²) in [5.74, 6) is 0.949. The first kappa shape index (κ1) is 12.4. The Morgan fingerprint density at radius 1 is 0.905 bits per heavy atom. The van der Waals surface area contributed by atoms with Gasteiger partial charge in [-0.05, 0) is 24.3 Å². The number of piperazine rings is 1. The van der Waals surface area contributed by atoms with Crippen molar-refractivity contribution in [2.45, 2.75) is 0 Å². The van der Waals surface area contributed by atoms with Crippen LogP contribution >= 0.6 is 0 Å². The van der Waals surface area contributed by atoms with Gasteiger partial charge in [-0.1, -0.05) is 24.3 Å². The van der Waals surface area contributed by atoms with Crippen molar-refractivity contribution in [1.29, 1.82) is 0 Å². The highest BCUT2D eigenvalue weighted by atomic mass is 15.2. The molecule has 0 spiro atoms. The first-order chi connectivity index (χ1) is 10.4. The molecule has 4 heteroatoms. The van der Waals surface area contributed by atoms with E-state index in [4.69, 9.17) is 4.98 Å². The molecule has 0 unspecified atom stereocenters. The minimum Gasteiger partial charge on any atom is -0.368 e. The standard InChI is InChI=1S/C17H18N4/c1-4-8-16(21-11-9-18-10-12-21)13(5-1)17-19-14-6-2-3-7-15(14)20-17/h1-8,18H,9-12H2,(H,19,20). The summed E-state index contributed by atoms with van der Waals surface area (Å²) in [5, 5.41) is 3.40. The predicted octanol–water partition coefficient (Wildman–Crippen LogP) is 2.64. The van der Waals surface area contributed by atoms with Gasteiger partial charge >= 0.3 is 0 Å². The number of imidazole rings is 1. The Morgan fingerprint density at radius 3 is 2.52 bits per heavy atom. The maximum Gasteiger partial charge on any atom is 0.140 e. The van der Waals surface area contributed by atoms with E-state index in [1.165, 1.54) is 11.3 Å². The minimum absolute atomic E-state index is 0.949. The summed E-state index contributed by atoms with van der Waals surface area (Å²) < 4.78 is 0. The molecular formula is C17H18N4. The van der Waals surface area contributed by atoms with Crippen LogP contribution < -0.4 is 10.2 Å². The zero-order valence-corrected chi connectivity index (χ0v) is 11.8. The number of nitrogens with zero attached hydrogens (tertiary/aromatic N) is 2. The van der Waals surface area contributed by atoms with Crippen LogP contribution in [0.3, 0.4) is 0 Å². The number of nitrogens with one attached hydrogen (secondary N) is 2. The molecule has 0 aliphatic carbocycles. The monoisotopic (exact) mass is 278 g/mol. The van der Waals surface area contributed by atoms with Crippen molar-refractivity contribution < 1.29 is 0 Å². The van der Waals surface area contributed by atoms with Gasteiger partial charge in [0.15, 0.2) is 0 Å².